The van der Waals surface area contributed by atoms with Crippen molar-refractivity contribution in [1.29, 1.82) is 0 Å². The smallest absolute Gasteiger partial charge is 0.336 e. The predicted molar refractivity (Wildman–Crippen MR) is 66.6 cm³/mol. The van der Waals surface area contributed by atoms with Crippen LogP contribution in [0.25, 0.3) is 0 Å². The number of thioether (sulfide) groups is 1. The number of aromatic carboxylic acids is 1. The molecule has 0 atom stereocenters. The summed E-state index contributed by atoms with van der Waals surface area (Å²) < 4.78 is 5.48. The van der Waals surface area contributed by atoms with E-state index in [0.717, 1.165) is 17.7 Å². The molecule has 0 aliphatic rings. The Kier molecular flexibility index (Phi) is 5.19. The van der Waals surface area contributed by atoms with Crippen molar-refractivity contribution < 1.29 is 14.6 Å². The standard InChI is InChI=1S/C12H16O3S/c1-9-4-5-10(8-11(9)12(13)14)15-6-3-7-16-2/h4-5,8H,3,6-7H2,1-2H3,(H,13,14). The zero-order chi connectivity index (χ0) is 12.0. The van der Waals surface area contributed by atoms with Gasteiger partial charge in [-0.15, -0.1) is 0 Å². The van der Waals surface area contributed by atoms with E-state index < -0.39 is 5.97 Å². The van der Waals surface area contributed by atoms with Crippen molar-refractivity contribution in [3.8, 4) is 5.75 Å². The minimum absolute atomic E-state index is 0.308. The molecule has 0 amide bonds. The number of carboxylic acid groups (broad SMARTS) is 1. The van der Waals surface area contributed by atoms with Gasteiger partial charge in [0, 0.05) is 0 Å². The normalized spacial score (nSPS) is 10.1. The van der Waals surface area contributed by atoms with Crippen LogP contribution in [0.3, 0.4) is 0 Å². The third kappa shape index (κ3) is 3.77. The molecule has 1 N–H and O–H groups in total. The van der Waals surface area contributed by atoms with E-state index in [9.17, 15) is 4.79 Å². The molecule has 0 saturated carbocycles. The van der Waals surface area contributed by atoms with Crippen molar-refractivity contribution >= 4 is 17.7 Å². The summed E-state index contributed by atoms with van der Waals surface area (Å²) in [4.78, 5) is 10.9. The van der Waals surface area contributed by atoms with Crippen LogP contribution in [-0.4, -0.2) is 29.7 Å². The van der Waals surface area contributed by atoms with Gasteiger partial charge in [0.05, 0.1) is 12.2 Å². The van der Waals surface area contributed by atoms with Crippen molar-refractivity contribution in [3.05, 3.63) is 29.3 Å². The second-order valence-corrected chi connectivity index (χ2v) is 4.46. The molecule has 0 saturated heterocycles. The molecule has 4 heteroatoms. The minimum Gasteiger partial charge on any atom is -0.494 e. The molecule has 1 aromatic rings. The lowest BCUT2D eigenvalue weighted by atomic mass is 10.1. The number of hydrogen-bond acceptors (Lipinski definition) is 3. The van der Waals surface area contributed by atoms with Crippen LogP contribution in [0, 0.1) is 6.92 Å². The molecule has 0 unspecified atom stereocenters. The molecule has 0 aliphatic heterocycles. The van der Waals surface area contributed by atoms with E-state index in [1.807, 2.05) is 0 Å². The van der Waals surface area contributed by atoms with E-state index in [0.29, 0.717) is 17.9 Å². The van der Waals surface area contributed by atoms with E-state index in [2.05, 4.69) is 6.26 Å². The molecule has 0 fully saturated rings. The van der Waals surface area contributed by atoms with Crippen LogP contribution in [0.5, 0.6) is 5.75 Å². The lowest BCUT2D eigenvalue weighted by Crippen LogP contribution is -2.03. The lowest BCUT2D eigenvalue weighted by molar-refractivity contribution is 0.0695. The van der Waals surface area contributed by atoms with E-state index in [1.54, 1.807) is 36.9 Å². The maximum absolute atomic E-state index is 10.9. The highest BCUT2D eigenvalue weighted by atomic mass is 32.2. The molecule has 0 aliphatic carbocycles. The minimum atomic E-state index is -0.910. The van der Waals surface area contributed by atoms with Crippen LogP contribution < -0.4 is 4.74 Å². The first-order chi connectivity index (χ1) is 7.65. The molecule has 16 heavy (non-hydrogen) atoms. The molecule has 0 aromatic heterocycles. The molecule has 0 bridgehead atoms. The van der Waals surface area contributed by atoms with Crippen molar-refractivity contribution in [2.45, 2.75) is 13.3 Å². The summed E-state index contributed by atoms with van der Waals surface area (Å²) in [5, 5.41) is 8.94. The number of rotatable bonds is 6. The number of carbonyl (C=O) groups is 1. The van der Waals surface area contributed by atoms with E-state index in [1.165, 1.54) is 0 Å². The van der Waals surface area contributed by atoms with Gasteiger partial charge in [0.15, 0.2) is 0 Å². The summed E-state index contributed by atoms with van der Waals surface area (Å²) in [6.45, 7) is 2.41. The van der Waals surface area contributed by atoms with Gasteiger partial charge in [-0.2, -0.15) is 11.8 Å². The monoisotopic (exact) mass is 240 g/mol. The first-order valence-corrected chi connectivity index (χ1v) is 6.50. The van der Waals surface area contributed by atoms with Crippen molar-refractivity contribution in [2.75, 3.05) is 18.6 Å². The van der Waals surface area contributed by atoms with Gasteiger partial charge < -0.3 is 9.84 Å². The van der Waals surface area contributed by atoms with Gasteiger partial charge in [0.25, 0.3) is 0 Å². The van der Waals surface area contributed by atoms with Gasteiger partial charge in [0.1, 0.15) is 5.75 Å². The third-order valence-electron chi connectivity index (χ3n) is 2.20. The fourth-order valence-electron chi connectivity index (χ4n) is 1.31. The molecular weight excluding hydrogens is 224 g/mol. The Balaban J connectivity index is 2.61. The molecule has 0 radical (unpaired) electrons. The predicted octanol–water partition coefficient (Wildman–Crippen LogP) is 2.83. The Morgan fingerprint density at radius 1 is 1.50 bits per heavy atom. The molecule has 1 rings (SSSR count). The number of aryl methyl sites for hydroxylation is 1. The molecule has 0 spiro atoms. The molecular formula is C12H16O3S. The van der Waals surface area contributed by atoms with Gasteiger partial charge in [-0.05, 0) is 43.0 Å². The number of carboxylic acids is 1. The lowest BCUT2D eigenvalue weighted by Gasteiger charge is -2.07. The van der Waals surface area contributed by atoms with Crippen LogP contribution in [0.1, 0.15) is 22.3 Å². The highest BCUT2D eigenvalue weighted by Gasteiger charge is 2.08. The van der Waals surface area contributed by atoms with Crippen molar-refractivity contribution in [3.63, 3.8) is 0 Å². The maximum atomic E-state index is 10.9. The Labute approximate surface area is 99.8 Å². The van der Waals surface area contributed by atoms with Crippen LogP contribution in [0.2, 0.25) is 0 Å². The largest absolute Gasteiger partial charge is 0.494 e. The highest BCUT2D eigenvalue weighted by Crippen LogP contribution is 2.17. The molecule has 0 heterocycles. The zero-order valence-corrected chi connectivity index (χ0v) is 10.3. The second kappa shape index (κ2) is 6.43. The number of benzene rings is 1. The summed E-state index contributed by atoms with van der Waals surface area (Å²) in [5.74, 6) is 0.772. The summed E-state index contributed by atoms with van der Waals surface area (Å²) in [5.41, 5.74) is 1.06. The van der Waals surface area contributed by atoms with Crippen LogP contribution in [0.15, 0.2) is 18.2 Å². The average Bonchev–Trinajstić information content (AvgIpc) is 2.26. The first kappa shape index (κ1) is 12.9. The van der Waals surface area contributed by atoms with Crippen LogP contribution in [-0.2, 0) is 0 Å². The van der Waals surface area contributed by atoms with Crippen LogP contribution in [0.4, 0.5) is 0 Å². The number of ether oxygens (including phenoxy) is 1. The fraction of sp³-hybridized carbons (Fsp3) is 0.417. The Morgan fingerprint density at radius 3 is 2.88 bits per heavy atom. The van der Waals surface area contributed by atoms with Gasteiger partial charge >= 0.3 is 5.97 Å². The summed E-state index contributed by atoms with van der Waals surface area (Å²) >= 11 is 1.77. The maximum Gasteiger partial charge on any atom is 0.336 e. The van der Waals surface area contributed by atoms with Gasteiger partial charge in [0.2, 0.25) is 0 Å². The van der Waals surface area contributed by atoms with Gasteiger partial charge in [-0.3, -0.25) is 0 Å². The molecule has 1 aromatic carbocycles. The van der Waals surface area contributed by atoms with E-state index >= 15 is 0 Å². The van der Waals surface area contributed by atoms with Crippen molar-refractivity contribution in [1.82, 2.24) is 0 Å². The zero-order valence-electron chi connectivity index (χ0n) is 9.53. The topological polar surface area (TPSA) is 46.5 Å². The number of hydrogen-bond donors (Lipinski definition) is 1. The summed E-state index contributed by atoms with van der Waals surface area (Å²) in [6, 6.07) is 5.16. The summed E-state index contributed by atoms with van der Waals surface area (Å²) in [7, 11) is 0. The van der Waals surface area contributed by atoms with Crippen molar-refractivity contribution in [2.24, 2.45) is 0 Å². The fourth-order valence-corrected chi connectivity index (χ4v) is 1.72. The SMILES string of the molecule is CSCCCOc1ccc(C)c(C(=O)O)c1. The second-order valence-electron chi connectivity index (χ2n) is 3.48. The van der Waals surface area contributed by atoms with Gasteiger partial charge in [-0.25, -0.2) is 4.79 Å². The highest BCUT2D eigenvalue weighted by molar-refractivity contribution is 7.98. The average molecular weight is 240 g/mol. The first-order valence-electron chi connectivity index (χ1n) is 5.11. The Hall–Kier alpha value is -1.16. The van der Waals surface area contributed by atoms with Crippen LogP contribution >= 0.6 is 11.8 Å². The van der Waals surface area contributed by atoms with Gasteiger partial charge in [-0.1, -0.05) is 6.07 Å². The molecule has 3 nitrogen and oxygen atoms in total. The quantitative estimate of drug-likeness (QED) is 0.777. The van der Waals surface area contributed by atoms with E-state index in [4.69, 9.17) is 9.84 Å². The third-order valence-corrected chi connectivity index (χ3v) is 2.90. The van der Waals surface area contributed by atoms with E-state index in [-0.39, 0.29) is 0 Å². The Morgan fingerprint density at radius 2 is 2.25 bits per heavy atom. The Bertz CT molecular complexity index is 363. The summed E-state index contributed by atoms with van der Waals surface area (Å²) in [6.07, 6.45) is 3.02. The molecule has 88 valence electrons.